The summed E-state index contributed by atoms with van der Waals surface area (Å²) in [5.74, 6) is 1.49. The van der Waals surface area contributed by atoms with Crippen LogP contribution in [-0.2, 0) is 0 Å². The maximum Gasteiger partial charge on any atom is 0.246 e. The number of hydrogen-bond donors (Lipinski definition) is 0. The predicted molar refractivity (Wildman–Crippen MR) is 75.5 cm³/mol. The third-order valence-electron chi connectivity index (χ3n) is 3.07. The van der Waals surface area contributed by atoms with E-state index in [4.69, 9.17) is 9.47 Å². The van der Waals surface area contributed by atoms with E-state index in [2.05, 4.69) is 24.8 Å². The number of benzene rings is 2. The molecule has 0 spiro atoms. The summed E-state index contributed by atoms with van der Waals surface area (Å²) in [6.07, 6.45) is -0.257. The fourth-order valence-corrected chi connectivity index (χ4v) is 3.18. The molecular formula is C16H10O2S. The highest BCUT2D eigenvalue weighted by atomic mass is 32.1. The highest BCUT2D eigenvalue weighted by Crippen LogP contribution is 2.40. The zero-order valence-corrected chi connectivity index (χ0v) is 10.8. The molecule has 2 aromatic carbocycles. The van der Waals surface area contributed by atoms with Gasteiger partial charge in [-0.3, -0.25) is 0 Å². The molecule has 1 aromatic heterocycles. The third-order valence-corrected chi connectivity index (χ3v) is 4.23. The van der Waals surface area contributed by atoms with Gasteiger partial charge in [0, 0.05) is 4.70 Å². The lowest BCUT2D eigenvalue weighted by Crippen LogP contribution is -2.15. The molecule has 0 saturated heterocycles. The molecule has 0 amide bonds. The molecule has 0 fully saturated rings. The number of hydrogen-bond acceptors (Lipinski definition) is 3. The van der Waals surface area contributed by atoms with Crippen LogP contribution in [0, 0.1) is 6.61 Å². The third kappa shape index (κ3) is 1.87. The van der Waals surface area contributed by atoms with Crippen molar-refractivity contribution in [3.63, 3.8) is 0 Å². The van der Waals surface area contributed by atoms with Crippen molar-refractivity contribution in [1.82, 2.24) is 0 Å². The van der Waals surface area contributed by atoms with Crippen LogP contribution in [0.2, 0.25) is 0 Å². The van der Waals surface area contributed by atoms with E-state index in [1.807, 2.05) is 36.4 Å². The van der Waals surface area contributed by atoms with E-state index < -0.39 is 0 Å². The Labute approximate surface area is 115 Å². The largest absolute Gasteiger partial charge is 0.476 e. The minimum absolute atomic E-state index is 0.257. The summed E-state index contributed by atoms with van der Waals surface area (Å²) in [5.41, 5.74) is 0. The summed E-state index contributed by atoms with van der Waals surface area (Å²) in [4.78, 5) is 1.11. The van der Waals surface area contributed by atoms with E-state index in [9.17, 15) is 0 Å². The topological polar surface area (TPSA) is 18.5 Å². The quantitative estimate of drug-likeness (QED) is 0.647. The lowest BCUT2D eigenvalue weighted by molar-refractivity contribution is 0.143. The van der Waals surface area contributed by atoms with Crippen LogP contribution in [0.4, 0.5) is 0 Å². The van der Waals surface area contributed by atoms with E-state index in [-0.39, 0.29) is 6.10 Å². The Hall–Kier alpha value is -2.00. The summed E-state index contributed by atoms with van der Waals surface area (Å²) < 4.78 is 12.7. The van der Waals surface area contributed by atoms with Gasteiger partial charge in [-0.25, -0.2) is 0 Å². The molecule has 0 aliphatic carbocycles. The minimum Gasteiger partial charge on any atom is -0.476 e. The van der Waals surface area contributed by atoms with Gasteiger partial charge >= 0.3 is 0 Å². The van der Waals surface area contributed by atoms with Crippen molar-refractivity contribution in [3.05, 3.63) is 66.1 Å². The second kappa shape index (κ2) is 4.28. The van der Waals surface area contributed by atoms with Crippen LogP contribution in [-0.4, -0.2) is 0 Å². The zero-order valence-electron chi connectivity index (χ0n) is 10.00. The molecule has 1 aliphatic heterocycles. The van der Waals surface area contributed by atoms with Crippen LogP contribution in [0.15, 0.2) is 54.6 Å². The van der Waals surface area contributed by atoms with E-state index in [1.165, 1.54) is 10.1 Å². The fraction of sp³-hybridized carbons (Fsp3) is 0.0625. The average Bonchev–Trinajstić information content (AvgIpc) is 2.90. The molecule has 2 heterocycles. The molecule has 1 unspecified atom stereocenters. The van der Waals surface area contributed by atoms with E-state index in [1.54, 1.807) is 11.3 Å². The van der Waals surface area contributed by atoms with Crippen LogP contribution in [0.25, 0.3) is 10.1 Å². The first-order chi connectivity index (χ1) is 9.40. The van der Waals surface area contributed by atoms with Crippen molar-refractivity contribution >= 4 is 21.4 Å². The van der Waals surface area contributed by atoms with Gasteiger partial charge in [0.05, 0.1) is 4.88 Å². The molecule has 19 heavy (non-hydrogen) atoms. The first kappa shape index (κ1) is 10.9. The Kier molecular flexibility index (Phi) is 2.45. The number of fused-ring (bicyclic) bond motifs is 2. The second-order valence-corrected chi connectivity index (χ2v) is 5.47. The average molecular weight is 266 g/mol. The molecule has 0 N–H and O–H groups in total. The first-order valence-corrected chi connectivity index (χ1v) is 6.88. The van der Waals surface area contributed by atoms with Crippen molar-refractivity contribution in [2.24, 2.45) is 0 Å². The summed E-state index contributed by atoms with van der Waals surface area (Å²) in [6.45, 7) is 2.94. The monoisotopic (exact) mass is 266 g/mol. The molecule has 3 aromatic rings. The van der Waals surface area contributed by atoms with Crippen molar-refractivity contribution in [2.75, 3.05) is 0 Å². The van der Waals surface area contributed by atoms with E-state index in [0.717, 1.165) is 16.4 Å². The second-order valence-electron chi connectivity index (χ2n) is 4.35. The highest BCUT2D eigenvalue weighted by molar-refractivity contribution is 7.19. The Morgan fingerprint density at radius 1 is 0.947 bits per heavy atom. The molecule has 3 heteroatoms. The normalized spacial score (nSPS) is 17.6. The van der Waals surface area contributed by atoms with Crippen LogP contribution in [0.5, 0.6) is 11.5 Å². The fourth-order valence-electron chi connectivity index (χ4n) is 2.15. The van der Waals surface area contributed by atoms with Gasteiger partial charge in [0.15, 0.2) is 17.6 Å². The van der Waals surface area contributed by atoms with Crippen LogP contribution in [0.3, 0.4) is 0 Å². The maximum atomic E-state index is 5.92. The highest BCUT2D eigenvalue weighted by Gasteiger charge is 2.25. The molecular weight excluding hydrogens is 256 g/mol. The van der Waals surface area contributed by atoms with Gasteiger partial charge in [0.2, 0.25) is 6.61 Å². The summed E-state index contributed by atoms with van der Waals surface area (Å²) >= 11 is 1.71. The van der Waals surface area contributed by atoms with Gasteiger partial charge in [-0.05, 0) is 29.7 Å². The Morgan fingerprint density at radius 2 is 1.74 bits per heavy atom. The van der Waals surface area contributed by atoms with Crippen LogP contribution >= 0.6 is 11.3 Å². The van der Waals surface area contributed by atoms with Gasteiger partial charge in [-0.2, -0.15) is 0 Å². The molecule has 0 saturated carbocycles. The summed E-state index contributed by atoms with van der Waals surface area (Å²) in [5, 5.41) is 1.23. The molecule has 4 rings (SSSR count). The maximum absolute atomic E-state index is 5.92. The molecule has 1 aliphatic rings. The van der Waals surface area contributed by atoms with Crippen LogP contribution in [0.1, 0.15) is 11.0 Å². The van der Waals surface area contributed by atoms with Gasteiger partial charge in [0.1, 0.15) is 0 Å². The van der Waals surface area contributed by atoms with Gasteiger partial charge in [-0.1, -0.05) is 30.3 Å². The minimum atomic E-state index is -0.257. The molecule has 1 atom stereocenters. The molecule has 92 valence electrons. The number of ether oxygens (including phenoxy) is 2. The van der Waals surface area contributed by atoms with Crippen molar-refractivity contribution in [3.8, 4) is 11.5 Å². The van der Waals surface area contributed by atoms with Gasteiger partial charge in [-0.15, -0.1) is 11.3 Å². The number of thiophene rings is 1. The van der Waals surface area contributed by atoms with Crippen molar-refractivity contribution < 1.29 is 9.47 Å². The van der Waals surface area contributed by atoms with Crippen molar-refractivity contribution in [1.29, 1.82) is 0 Å². The van der Waals surface area contributed by atoms with Gasteiger partial charge in [0.25, 0.3) is 0 Å². The standard InChI is InChI=1S/C16H10O2S/c1-4-8-15-11(5-1)9-16(19-15)14-10-17-12-6-2-3-7-13(12)18-14/h1-9,14H. The molecule has 0 bridgehead atoms. The Morgan fingerprint density at radius 3 is 2.63 bits per heavy atom. The van der Waals surface area contributed by atoms with E-state index in [0.29, 0.717) is 0 Å². The summed E-state index contributed by atoms with van der Waals surface area (Å²) in [6, 6.07) is 18.1. The predicted octanol–water partition coefficient (Wildman–Crippen LogP) is 4.45. The lowest BCUT2D eigenvalue weighted by atomic mass is 10.2. The Bertz CT molecular complexity index is 699. The first-order valence-electron chi connectivity index (χ1n) is 6.07. The zero-order chi connectivity index (χ0) is 12.7. The number of rotatable bonds is 1. The molecule has 2 radical (unpaired) electrons. The van der Waals surface area contributed by atoms with E-state index >= 15 is 0 Å². The van der Waals surface area contributed by atoms with Gasteiger partial charge < -0.3 is 9.47 Å². The Balaban J connectivity index is 1.70. The van der Waals surface area contributed by atoms with Crippen LogP contribution < -0.4 is 9.47 Å². The smallest absolute Gasteiger partial charge is 0.246 e. The summed E-state index contributed by atoms with van der Waals surface area (Å²) in [7, 11) is 0. The lowest BCUT2D eigenvalue weighted by Gasteiger charge is -2.23. The SMILES string of the molecule is [C]1Oc2ccccc2OC1c1cc2ccccc2s1. The van der Waals surface area contributed by atoms with Crippen molar-refractivity contribution in [2.45, 2.75) is 6.10 Å². The number of para-hydroxylation sites is 2. The molecule has 2 nitrogen and oxygen atoms in total.